The number of hydrogen-bond donors (Lipinski definition) is 3. The fourth-order valence-corrected chi connectivity index (χ4v) is 2.54. The Balaban J connectivity index is 2.00. The molecule has 0 amide bonds. The van der Waals surface area contributed by atoms with E-state index in [1.54, 1.807) is 0 Å². The Bertz CT molecular complexity index is 633. The molecule has 0 fully saturated rings. The van der Waals surface area contributed by atoms with Crippen LogP contribution in [0.1, 0.15) is 70.3 Å². The van der Waals surface area contributed by atoms with Crippen molar-refractivity contribution >= 4 is 6.08 Å². The standard InChI is InChI=1S/C24H35NO2/c1-2-3-4-5-6-7-8-9-10-11-12-13-14-15-16-17-18-19-20-22-21-23(26)25-24(22)27/h6-7,9-10,12-13,15-16,19-21,25-27H,2-5,8,11,14,17-18H2,1H3. The van der Waals surface area contributed by atoms with Crippen LogP contribution in [-0.2, 0) is 0 Å². The number of aromatic amines is 1. The van der Waals surface area contributed by atoms with Gasteiger partial charge in [0.25, 0.3) is 0 Å². The zero-order valence-electron chi connectivity index (χ0n) is 16.6. The second-order valence-electron chi connectivity index (χ2n) is 6.53. The van der Waals surface area contributed by atoms with Gasteiger partial charge in [-0.25, -0.2) is 0 Å². The van der Waals surface area contributed by atoms with E-state index in [9.17, 15) is 10.2 Å². The maximum atomic E-state index is 9.48. The Hall–Kier alpha value is -2.42. The van der Waals surface area contributed by atoms with Crippen LogP contribution in [0, 0.1) is 0 Å². The zero-order valence-corrected chi connectivity index (χ0v) is 16.6. The van der Waals surface area contributed by atoms with E-state index in [-0.39, 0.29) is 11.8 Å². The first-order valence-corrected chi connectivity index (χ1v) is 10.1. The molecule has 148 valence electrons. The summed E-state index contributed by atoms with van der Waals surface area (Å²) in [6.45, 7) is 2.24. The number of allylic oxidation sites excluding steroid dienone is 9. The molecule has 0 aliphatic rings. The van der Waals surface area contributed by atoms with Crippen LogP contribution in [0.25, 0.3) is 6.08 Å². The molecule has 3 nitrogen and oxygen atoms in total. The highest BCUT2D eigenvalue weighted by atomic mass is 16.3. The molecule has 0 bridgehead atoms. The summed E-state index contributed by atoms with van der Waals surface area (Å²) >= 11 is 0. The van der Waals surface area contributed by atoms with E-state index >= 15 is 0 Å². The Morgan fingerprint density at radius 1 is 0.741 bits per heavy atom. The largest absolute Gasteiger partial charge is 0.494 e. The van der Waals surface area contributed by atoms with Crippen molar-refractivity contribution in [2.75, 3.05) is 0 Å². The molecule has 0 saturated heterocycles. The van der Waals surface area contributed by atoms with E-state index in [1.807, 2.05) is 12.2 Å². The van der Waals surface area contributed by atoms with Gasteiger partial charge in [0.1, 0.15) is 0 Å². The summed E-state index contributed by atoms with van der Waals surface area (Å²) in [6, 6.07) is 1.50. The molecule has 0 saturated carbocycles. The highest BCUT2D eigenvalue weighted by Crippen LogP contribution is 2.22. The smallest absolute Gasteiger partial charge is 0.198 e. The molecule has 0 aliphatic heterocycles. The highest BCUT2D eigenvalue weighted by molar-refractivity contribution is 5.56. The number of unbranched alkanes of at least 4 members (excludes halogenated alkanes) is 4. The summed E-state index contributed by atoms with van der Waals surface area (Å²) in [6.07, 6.45) is 31.5. The van der Waals surface area contributed by atoms with Gasteiger partial charge < -0.3 is 10.2 Å². The van der Waals surface area contributed by atoms with Crippen LogP contribution in [-0.4, -0.2) is 15.2 Å². The third-order valence-corrected chi connectivity index (χ3v) is 4.07. The molecule has 0 aliphatic carbocycles. The van der Waals surface area contributed by atoms with E-state index in [2.05, 4.69) is 60.5 Å². The van der Waals surface area contributed by atoms with E-state index in [0.717, 1.165) is 32.1 Å². The summed E-state index contributed by atoms with van der Waals surface area (Å²) in [5.74, 6) is -0.0194. The summed E-state index contributed by atoms with van der Waals surface area (Å²) in [7, 11) is 0. The SMILES string of the molecule is CCCCCC=CCC=CCC=CCC=CCCC=Cc1cc(O)[nH]c1O. The molecule has 1 heterocycles. The monoisotopic (exact) mass is 369 g/mol. The maximum absolute atomic E-state index is 9.48. The zero-order chi connectivity index (χ0) is 19.6. The van der Waals surface area contributed by atoms with Gasteiger partial charge in [-0.05, 0) is 44.9 Å². The highest BCUT2D eigenvalue weighted by Gasteiger charge is 2.01. The molecule has 1 rings (SSSR count). The van der Waals surface area contributed by atoms with Crippen molar-refractivity contribution in [2.24, 2.45) is 0 Å². The number of aromatic hydroxyl groups is 2. The summed E-state index contributed by atoms with van der Waals surface area (Å²) < 4.78 is 0. The van der Waals surface area contributed by atoms with Gasteiger partial charge in [0.05, 0.1) is 0 Å². The molecule has 0 aromatic carbocycles. The lowest BCUT2D eigenvalue weighted by atomic mass is 10.2. The average Bonchev–Trinajstić information content (AvgIpc) is 2.98. The molecule has 0 unspecified atom stereocenters. The predicted molar refractivity (Wildman–Crippen MR) is 117 cm³/mol. The van der Waals surface area contributed by atoms with Crippen molar-refractivity contribution in [3.63, 3.8) is 0 Å². The van der Waals surface area contributed by atoms with Crippen LogP contribution in [0.4, 0.5) is 0 Å². The Morgan fingerprint density at radius 2 is 1.30 bits per heavy atom. The summed E-state index contributed by atoms with van der Waals surface area (Å²) in [5.41, 5.74) is 0.611. The van der Waals surface area contributed by atoms with E-state index in [4.69, 9.17) is 0 Å². The number of rotatable bonds is 14. The van der Waals surface area contributed by atoms with Gasteiger partial charge in [-0.1, -0.05) is 80.5 Å². The van der Waals surface area contributed by atoms with Gasteiger partial charge in [0.2, 0.25) is 0 Å². The number of nitrogens with one attached hydrogen (secondary N) is 1. The third kappa shape index (κ3) is 12.6. The normalized spacial score (nSPS) is 12.8. The molecular formula is C24H35NO2. The molecule has 0 radical (unpaired) electrons. The number of aromatic nitrogens is 1. The third-order valence-electron chi connectivity index (χ3n) is 4.07. The van der Waals surface area contributed by atoms with Gasteiger partial charge in [-0.3, -0.25) is 4.98 Å². The first-order valence-electron chi connectivity index (χ1n) is 10.1. The van der Waals surface area contributed by atoms with Crippen molar-refractivity contribution in [2.45, 2.75) is 64.7 Å². The lowest BCUT2D eigenvalue weighted by Crippen LogP contribution is -1.70. The fourth-order valence-electron chi connectivity index (χ4n) is 2.54. The maximum Gasteiger partial charge on any atom is 0.198 e. The molecule has 0 spiro atoms. The van der Waals surface area contributed by atoms with Gasteiger partial charge in [-0.15, -0.1) is 0 Å². The van der Waals surface area contributed by atoms with Crippen molar-refractivity contribution in [3.05, 3.63) is 66.3 Å². The van der Waals surface area contributed by atoms with Gasteiger partial charge in [0, 0.05) is 11.6 Å². The van der Waals surface area contributed by atoms with Crippen LogP contribution < -0.4 is 0 Å². The fraction of sp³-hybridized carbons (Fsp3) is 0.417. The van der Waals surface area contributed by atoms with E-state index in [1.165, 1.54) is 31.7 Å². The topological polar surface area (TPSA) is 56.2 Å². The second-order valence-corrected chi connectivity index (χ2v) is 6.53. The first-order chi connectivity index (χ1) is 13.2. The molecule has 1 aromatic heterocycles. The van der Waals surface area contributed by atoms with Gasteiger partial charge in [-0.2, -0.15) is 0 Å². The minimum atomic E-state index is -0.0208. The Labute approximate surface area is 164 Å². The quantitative estimate of drug-likeness (QED) is 0.240. The number of hydrogen-bond acceptors (Lipinski definition) is 2. The molecule has 0 atom stereocenters. The minimum Gasteiger partial charge on any atom is -0.494 e. The lowest BCUT2D eigenvalue weighted by Gasteiger charge is -1.90. The van der Waals surface area contributed by atoms with E-state index in [0.29, 0.717) is 5.56 Å². The molecule has 1 aromatic rings. The van der Waals surface area contributed by atoms with Crippen molar-refractivity contribution in [1.29, 1.82) is 0 Å². The van der Waals surface area contributed by atoms with Crippen molar-refractivity contribution < 1.29 is 10.2 Å². The average molecular weight is 370 g/mol. The lowest BCUT2D eigenvalue weighted by molar-refractivity contribution is 0.425. The van der Waals surface area contributed by atoms with Gasteiger partial charge >= 0.3 is 0 Å². The molecule has 27 heavy (non-hydrogen) atoms. The summed E-state index contributed by atoms with van der Waals surface area (Å²) in [5, 5.41) is 18.7. The minimum absolute atomic E-state index is 0.00137. The molecule has 3 N–H and O–H groups in total. The summed E-state index contributed by atoms with van der Waals surface area (Å²) in [4.78, 5) is 2.45. The van der Waals surface area contributed by atoms with Crippen molar-refractivity contribution in [3.8, 4) is 11.8 Å². The van der Waals surface area contributed by atoms with E-state index < -0.39 is 0 Å². The second kappa shape index (κ2) is 15.8. The van der Waals surface area contributed by atoms with Crippen LogP contribution in [0.15, 0.2) is 60.8 Å². The Kier molecular flexibility index (Phi) is 13.2. The van der Waals surface area contributed by atoms with Crippen molar-refractivity contribution in [1.82, 2.24) is 4.98 Å². The first kappa shape index (κ1) is 22.6. The van der Waals surface area contributed by atoms with Crippen LogP contribution >= 0.6 is 0 Å². The molecule has 3 heteroatoms. The van der Waals surface area contributed by atoms with Crippen LogP contribution in [0.5, 0.6) is 11.8 Å². The molecular weight excluding hydrogens is 334 g/mol. The predicted octanol–water partition coefficient (Wildman–Crippen LogP) is 7.19. The van der Waals surface area contributed by atoms with Crippen LogP contribution in [0.2, 0.25) is 0 Å². The van der Waals surface area contributed by atoms with Gasteiger partial charge in [0.15, 0.2) is 11.8 Å². The number of H-pyrrole nitrogens is 1. The Morgan fingerprint density at radius 3 is 1.85 bits per heavy atom. The van der Waals surface area contributed by atoms with Crippen LogP contribution in [0.3, 0.4) is 0 Å².